The lowest BCUT2D eigenvalue weighted by Crippen LogP contribution is -2.10. The van der Waals surface area contributed by atoms with Crippen LogP contribution in [0, 0.1) is 17.1 Å². The van der Waals surface area contributed by atoms with Crippen LogP contribution in [-0.4, -0.2) is 4.98 Å². The summed E-state index contributed by atoms with van der Waals surface area (Å²) in [6.07, 6.45) is 3.18. The molecule has 0 amide bonds. The SMILES string of the molecule is CCCC(N)c1cnc(C#N)c(F)c1. The lowest BCUT2D eigenvalue weighted by Gasteiger charge is -2.09. The van der Waals surface area contributed by atoms with Gasteiger partial charge in [-0.2, -0.15) is 5.26 Å². The fourth-order valence-corrected chi connectivity index (χ4v) is 1.22. The molecule has 0 aliphatic heterocycles. The average molecular weight is 193 g/mol. The van der Waals surface area contributed by atoms with Gasteiger partial charge in [-0.05, 0) is 18.1 Å². The Balaban J connectivity index is 2.92. The van der Waals surface area contributed by atoms with Crippen LogP contribution in [0.5, 0.6) is 0 Å². The Morgan fingerprint density at radius 1 is 1.71 bits per heavy atom. The van der Waals surface area contributed by atoms with E-state index in [-0.39, 0.29) is 11.7 Å². The van der Waals surface area contributed by atoms with Crippen molar-refractivity contribution in [2.75, 3.05) is 0 Å². The van der Waals surface area contributed by atoms with Gasteiger partial charge in [0.2, 0.25) is 0 Å². The number of nitriles is 1. The van der Waals surface area contributed by atoms with Gasteiger partial charge >= 0.3 is 0 Å². The maximum absolute atomic E-state index is 13.1. The molecule has 14 heavy (non-hydrogen) atoms. The summed E-state index contributed by atoms with van der Waals surface area (Å²) in [4.78, 5) is 3.68. The summed E-state index contributed by atoms with van der Waals surface area (Å²) in [5.41, 5.74) is 6.24. The number of pyridine rings is 1. The Morgan fingerprint density at radius 2 is 2.43 bits per heavy atom. The molecule has 0 saturated heterocycles. The van der Waals surface area contributed by atoms with E-state index in [9.17, 15) is 4.39 Å². The topological polar surface area (TPSA) is 62.7 Å². The smallest absolute Gasteiger partial charge is 0.176 e. The number of nitrogens with two attached hydrogens (primary N) is 1. The molecule has 1 aromatic rings. The third-order valence-corrected chi connectivity index (χ3v) is 2.00. The van der Waals surface area contributed by atoms with E-state index in [1.54, 1.807) is 6.07 Å². The van der Waals surface area contributed by atoms with Gasteiger partial charge in [0.15, 0.2) is 11.5 Å². The van der Waals surface area contributed by atoms with Crippen LogP contribution in [0.1, 0.15) is 37.1 Å². The van der Waals surface area contributed by atoms with Crippen LogP contribution in [0.4, 0.5) is 4.39 Å². The molecule has 0 aliphatic carbocycles. The average Bonchev–Trinajstić information content (AvgIpc) is 2.18. The molecule has 0 bridgehead atoms. The number of aromatic nitrogens is 1. The molecule has 1 aromatic heterocycles. The molecule has 3 nitrogen and oxygen atoms in total. The summed E-state index contributed by atoms with van der Waals surface area (Å²) in [7, 11) is 0. The lowest BCUT2D eigenvalue weighted by molar-refractivity contribution is 0.594. The van der Waals surface area contributed by atoms with E-state index >= 15 is 0 Å². The van der Waals surface area contributed by atoms with Crippen LogP contribution >= 0.6 is 0 Å². The van der Waals surface area contributed by atoms with Crippen molar-refractivity contribution in [1.29, 1.82) is 5.26 Å². The number of nitrogens with zero attached hydrogens (tertiary/aromatic N) is 2. The second kappa shape index (κ2) is 4.68. The lowest BCUT2D eigenvalue weighted by atomic mass is 10.1. The van der Waals surface area contributed by atoms with Crippen molar-refractivity contribution < 1.29 is 4.39 Å². The monoisotopic (exact) mass is 193 g/mol. The molecule has 0 radical (unpaired) electrons. The number of halogens is 1. The highest BCUT2D eigenvalue weighted by Gasteiger charge is 2.09. The fraction of sp³-hybridized carbons (Fsp3) is 0.400. The zero-order valence-corrected chi connectivity index (χ0v) is 8.00. The van der Waals surface area contributed by atoms with Crippen LogP contribution in [0.2, 0.25) is 0 Å². The summed E-state index contributed by atoms with van der Waals surface area (Å²) >= 11 is 0. The third-order valence-electron chi connectivity index (χ3n) is 2.00. The minimum Gasteiger partial charge on any atom is -0.324 e. The van der Waals surface area contributed by atoms with Crippen molar-refractivity contribution in [2.45, 2.75) is 25.8 Å². The van der Waals surface area contributed by atoms with E-state index in [0.29, 0.717) is 5.56 Å². The zero-order chi connectivity index (χ0) is 10.6. The largest absolute Gasteiger partial charge is 0.324 e. The fourth-order valence-electron chi connectivity index (χ4n) is 1.22. The minimum absolute atomic E-state index is 0.183. The van der Waals surface area contributed by atoms with Crippen LogP contribution in [-0.2, 0) is 0 Å². The summed E-state index contributed by atoms with van der Waals surface area (Å²) in [6.45, 7) is 2.01. The van der Waals surface area contributed by atoms with Crippen LogP contribution < -0.4 is 5.73 Å². The molecule has 1 atom stereocenters. The second-order valence-electron chi connectivity index (χ2n) is 3.11. The van der Waals surface area contributed by atoms with E-state index in [2.05, 4.69) is 4.98 Å². The molecule has 2 N–H and O–H groups in total. The Hall–Kier alpha value is -1.47. The van der Waals surface area contributed by atoms with Crippen LogP contribution in [0.3, 0.4) is 0 Å². The van der Waals surface area contributed by atoms with Gasteiger partial charge in [0.05, 0.1) is 0 Å². The Bertz CT molecular complexity index is 357. The van der Waals surface area contributed by atoms with E-state index in [1.807, 2.05) is 6.92 Å². The number of rotatable bonds is 3. The highest BCUT2D eigenvalue weighted by atomic mass is 19.1. The van der Waals surface area contributed by atoms with E-state index in [0.717, 1.165) is 12.8 Å². The van der Waals surface area contributed by atoms with Crippen molar-refractivity contribution in [1.82, 2.24) is 4.98 Å². The van der Waals surface area contributed by atoms with Crippen molar-refractivity contribution in [3.8, 4) is 6.07 Å². The number of hydrogen-bond donors (Lipinski definition) is 1. The van der Waals surface area contributed by atoms with Crippen molar-refractivity contribution in [3.05, 3.63) is 29.3 Å². The van der Waals surface area contributed by atoms with Gasteiger partial charge in [-0.1, -0.05) is 13.3 Å². The zero-order valence-electron chi connectivity index (χ0n) is 8.00. The summed E-state index contributed by atoms with van der Waals surface area (Å²) in [6, 6.07) is 2.75. The molecular formula is C10H12FN3. The standard InChI is InChI=1S/C10H12FN3/c1-2-3-9(13)7-4-8(11)10(5-12)14-6-7/h4,6,9H,2-3,13H2,1H3. The first-order valence-electron chi connectivity index (χ1n) is 4.50. The van der Waals surface area contributed by atoms with Crippen LogP contribution in [0.15, 0.2) is 12.3 Å². The highest BCUT2D eigenvalue weighted by molar-refractivity contribution is 5.26. The molecule has 1 heterocycles. The molecule has 0 aromatic carbocycles. The van der Waals surface area contributed by atoms with Gasteiger partial charge in [-0.15, -0.1) is 0 Å². The molecule has 0 spiro atoms. The van der Waals surface area contributed by atoms with Gasteiger partial charge in [-0.25, -0.2) is 9.37 Å². The quantitative estimate of drug-likeness (QED) is 0.797. The van der Waals surface area contributed by atoms with Crippen LogP contribution in [0.25, 0.3) is 0 Å². The van der Waals surface area contributed by atoms with Gasteiger partial charge < -0.3 is 5.73 Å². The highest BCUT2D eigenvalue weighted by Crippen LogP contribution is 2.16. The maximum Gasteiger partial charge on any atom is 0.176 e. The Kier molecular flexibility index (Phi) is 3.55. The molecular weight excluding hydrogens is 181 g/mol. The normalized spacial score (nSPS) is 12.1. The molecule has 0 aliphatic rings. The summed E-state index contributed by atoms with van der Waals surface area (Å²) in [5.74, 6) is -0.600. The maximum atomic E-state index is 13.1. The Morgan fingerprint density at radius 3 is 2.93 bits per heavy atom. The molecule has 1 rings (SSSR count). The number of hydrogen-bond acceptors (Lipinski definition) is 3. The first-order chi connectivity index (χ1) is 6.69. The summed E-state index contributed by atoms with van der Waals surface area (Å²) in [5, 5.41) is 8.47. The van der Waals surface area contributed by atoms with E-state index in [4.69, 9.17) is 11.0 Å². The summed E-state index contributed by atoms with van der Waals surface area (Å²) < 4.78 is 13.1. The predicted molar refractivity (Wildman–Crippen MR) is 50.7 cm³/mol. The van der Waals surface area contributed by atoms with E-state index < -0.39 is 5.82 Å². The molecule has 1 unspecified atom stereocenters. The van der Waals surface area contributed by atoms with Gasteiger partial charge in [0.25, 0.3) is 0 Å². The van der Waals surface area contributed by atoms with Gasteiger partial charge in [0, 0.05) is 12.2 Å². The predicted octanol–water partition coefficient (Wildman–Crippen LogP) is 1.89. The van der Waals surface area contributed by atoms with Gasteiger partial charge in [-0.3, -0.25) is 0 Å². The van der Waals surface area contributed by atoms with Crippen molar-refractivity contribution >= 4 is 0 Å². The van der Waals surface area contributed by atoms with E-state index in [1.165, 1.54) is 12.3 Å². The Labute approximate surface area is 82.4 Å². The first kappa shape index (κ1) is 10.6. The molecule has 0 saturated carbocycles. The minimum atomic E-state index is -0.600. The second-order valence-corrected chi connectivity index (χ2v) is 3.11. The molecule has 0 fully saturated rings. The first-order valence-corrected chi connectivity index (χ1v) is 4.50. The van der Waals surface area contributed by atoms with Crippen molar-refractivity contribution in [2.24, 2.45) is 5.73 Å². The van der Waals surface area contributed by atoms with Gasteiger partial charge in [0.1, 0.15) is 6.07 Å². The molecule has 74 valence electrons. The molecule has 4 heteroatoms. The van der Waals surface area contributed by atoms with Crippen molar-refractivity contribution in [3.63, 3.8) is 0 Å². The third kappa shape index (κ3) is 2.27.